The maximum atomic E-state index is 12.3. The Morgan fingerprint density at radius 1 is 1.24 bits per heavy atom. The first-order valence-electron chi connectivity index (χ1n) is 9.66. The summed E-state index contributed by atoms with van der Waals surface area (Å²) in [5, 5.41) is 2.59. The summed E-state index contributed by atoms with van der Waals surface area (Å²) in [6, 6.07) is 10.3. The predicted octanol–water partition coefficient (Wildman–Crippen LogP) is 2.93. The molecule has 0 bridgehead atoms. The van der Waals surface area contributed by atoms with E-state index in [0.717, 1.165) is 24.8 Å². The number of aryl methyl sites for hydroxylation is 1. The molecule has 154 valence electrons. The van der Waals surface area contributed by atoms with Crippen molar-refractivity contribution < 1.29 is 23.9 Å². The molecule has 3 rings (SSSR count). The van der Waals surface area contributed by atoms with Crippen molar-refractivity contribution in [2.45, 2.75) is 38.6 Å². The minimum absolute atomic E-state index is 0.295. The van der Waals surface area contributed by atoms with Crippen LogP contribution in [0.3, 0.4) is 0 Å². The van der Waals surface area contributed by atoms with Crippen LogP contribution in [0.25, 0.3) is 0 Å². The highest BCUT2D eigenvalue weighted by Gasteiger charge is 2.24. The molecule has 0 radical (unpaired) electrons. The van der Waals surface area contributed by atoms with Gasteiger partial charge in [0.1, 0.15) is 10.9 Å². The zero-order valence-corrected chi connectivity index (χ0v) is 17.4. The van der Waals surface area contributed by atoms with Crippen LogP contribution in [0.15, 0.2) is 36.4 Å². The Hall–Kier alpha value is -2.67. The summed E-state index contributed by atoms with van der Waals surface area (Å²) in [6.07, 6.45) is 3.37. The summed E-state index contributed by atoms with van der Waals surface area (Å²) >= 11 is 1.44. The van der Waals surface area contributed by atoms with Gasteiger partial charge in [-0.2, -0.15) is 0 Å². The van der Waals surface area contributed by atoms with Crippen LogP contribution in [-0.4, -0.2) is 37.6 Å². The second-order valence-corrected chi connectivity index (χ2v) is 8.45. The molecule has 1 aromatic carbocycles. The third-order valence-electron chi connectivity index (χ3n) is 4.97. The highest BCUT2D eigenvalue weighted by molar-refractivity contribution is 7.14. The molecule has 6 nitrogen and oxygen atoms in total. The van der Waals surface area contributed by atoms with Gasteiger partial charge in [-0.3, -0.25) is 4.79 Å². The Morgan fingerprint density at radius 2 is 2.00 bits per heavy atom. The predicted molar refractivity (Wildman–Crippen MR) is 110 cm³/mol. The Bertz CT molecular complexity index is 877. The van der Waals surface area contributed by atoms with Crippen LogP contribution in [0.5, 0.6) is 0 Å². The molecular weight excluding hydrogens is 390 g/mol. The van der Waals surface area contributed by atoms with Crippen LogP contribution in [0.4, 0.5) is 0 Å². The lowest BCUT2D eigenvalue weighted by atomic mass is 9.90. The highest BCUT2D eigenvalue weighted by Crippen LogP contribution is 2.32. The van der Waals surface area contributed by atoms with Crippen molar-refractivity contribution in [3.8, 4) is 0 Å². The summed E-state index contributed by atoms with van der Waals surface area (Å²) in [5.41, 5.74) is 2.09. The van der Waals surface area contributed by atoms with Gasteiger partial charge in [-0.1, -0.05) is 37.3 Å². The first-order chi connectivity index (χ1) is 14.0. The van der Waals surface area contributed by atoms with Crippen molar-refractivity contribution in [3.05, 3.63) is 57.3 Å². The van der Waals surface area contributed by atoms with Gasteiger partial charge in [0.2, 0.25) is 0 Å². The highest BCUT2D eigenvalue weighted by atomic mass is 32.1. The van der Waals surface area contributed by atoms with Crippen molar-refractivity contribution in [2.75, 3.05) is 13.7 Å². The number of rotatable bonds is 7. The molecule has 2 atom stereocenters. The monoisotopic (exact) mass is 415 g/mol. The standard InChI is InChI=1S/C22H25NO5S/c1-14-8-9-18-16(10-14)12-19(29-18)22(26)28-13-20(24)23-17(21(25)27-2)11-15-6-4-3-5-7-15/h3-7,12,14,17H,8-11,13H2,1-2H3,(H,23,24)/t14-,17-/m1/s1. The molecule has 0 unspecified atom stereocenters. The average molecular weight is 416 g/mol. The summed E-state index contributed by atoms with van der Waals surface area (Å²) in [7, 11) is 1.27. The zero-order chi connectivity index (χ0) is 20.8. The van der Waals surface area contributed by atoms with Crippen LogP contribution in [-0.2, 0) is 38.3 Å². The van der Waals surface area contributed by atoms with Gasteiger partial charge in [0, 0.05) is 11.3 Å². The number of amides is 1. The topological polar surface area (TPSA) is 81.7 Å². The van der Waals surface area contributed by atoms with Gasteiger partial charge >= 0.3 is 11.9 Å². The van der Waals surface area contributed by atoms with Gasteiger partial charge in [0.25, 0.3) is 5.91 Å². The summed E-state index contributed by atoms with van der Waals surface area (Å²) in [5.74, 6) is -0.982. The fourth-order valence-electron chi connectivity index (χ4n) is 3.43. The van der Waals surface area contributed by atoms with Crippen molar-refractivity contribution in [2.24, 2.45) is 5.92 Å². The van der Waals surface area contributed by atoms with E-state index in [-0.39, 0.29) is 0 Å². The Labute approximate surface area is 174 Å². The summed E-state index contributed by atoms with van der Waals surface area (Å²) in [4.78, 5) is 38.3. The molecule has 7 heteroatoms. The van der Waals surface area contributed by atoms with E-state index in [0.29, 0.717) is 17.2 Å². The summed E-state index contributed by atoms with van der Waals surface area (Å²) < 4.78 is 9.94. The number of benzene rings is 1. The number of nitrogens with one attached hydrogen (secondary N) is 1. The molecule has 0 saturated heterocycles. The minimum Gasteiger partial charge on any atom is -0.467 e. The van der Waals surface area contributed by atoms with Crippen LogP contribution >= 0.6 is 11.3 Å². The molecule has 2 aromatic rings. The number of hydrogen-bond donors (Lipinski definition) is 1. The number of thiophene rings is 1. The Morgan fingerprint density at radius 3 is 2.72 bits per heavy atom. The Balaban J connectivity index is 1.54. The lowest BCUT2D eigenvalue weighted by molar-refractivity contribution is -0.145. The van der Waals surface area contributed by atoms with Crippen LogP contribution in [0, 0.1) is 5.92 Å². The smallest absolute Gasteiger partial charge is 0.348 e. The van der Waals surface area contributed by atoms with E-state index in [2.05, 4.69) is 12.2 Å². The minimum atomic E-state index is -0.843. The van der Waals surface area contributed by atoms with Crippen molar-refractivity contribution in [1.29, 1.82) is 0 Å². The molecule has 1 aliphatic carbocycles. The lowest BCUT2D eigenvalue weighted by Crippen LogP contribution is -2.44. The largest absolute Gasteiger partial charge is 0.467 e. The van der Waals surface area contributed by atoms with E-state index in [1.165, 1.54) is 28.9 Å². The molecular formula is C22H25NO5S. The van der Waals surface area contributed by atoms with Crippen LogP contribution < -0.4 is 5.32 Å². The third kappa shape index (κ3) is 5.67. The van der Waals surface area contributed by atoms with Crippen LogP contribution in [0.2, 0.25) is 0 Å². The molecule has 1 aliphatic rings. The van der Waals surface area contributed by atoms with Gasteiger partial charge in [0.05, 0.1) is 7.11 Å². The molecule has 0 saturated carbocycles. The van der Waals surface area contributed by atoms with Gasteiger partial charge in [-0.15, -0.1) is 11.3 Å². The van der Waals surface area contributed by atoms with Gasteiger partial charge in [-0.05, 0) is 42.4 Å². The number of ether oxygens (including phenoxy) is 2. The van der Waals surface area contributed by atoms with Gasteiger partial charge in [0.15, 0.2) is 6.61 Å². The second-order valence-electron chi connectivity index (χ2n) is 7.32. The molecule has 1 amide bonds. The fraction of sp³-hybridized carbons (Fsp3) is 0.409. The summed E-state index contributed by atoms with van der Waals surface area (Å²) in [6.45, 7) is 1.76. The maximum absolute atomic E-state index is 12.3. The fourth-order valence-corrected chi connectivity index (χ4v) is 4.53. The first kappa shape index (κ1) is 21.0. The quantitative estimate of drug-likeness (QED) is 0.703. The second kappa shape index (κ2) is 9.69. The number of hydrogen-bond acceptors (Lipinski definition) is 6. The van der Waals surface area contributed by atoms with E-state index in [1.807, 2.05) is 36.4 Å². The molecule has 1 heterocycles. The number of esters is 2. The number of carbonyl (C=O) groups excluding carboxylic acids is 3. The number of fused-ring (bicyclic) bond motifs is 1. The molecule has 1 aromatic heterocycles. The average Bonchev–Trinajstić information content (AvgIpc) is 3.15. The maximum Gasteiger partial charge on any atom is 0.348 e. The van der Waals surface area contributed by atoms with Gasteiger partial charge < -0.3 is 14.8 Å². The van der Waals surface area contributed by atoms with E-state index in [4.69, 9.17) is 9.47 Å². The lowest BCUT2D eigenvalue weighted by Gasteiger charge is -2.16. The molecule has 1 N–H and O–H groups in total. The van der Waals surface area contributed by atoms with Crippen LogP contribution in [0.1, 0.15) is 39.0 Å². The Kier molecular flexibility index (Phi) is 7.04. The van der Waals surface area contributed by atoms with Crippen molar-refractivity contribution >= 4 is 29.2 Å². The molecule has 0 aliphatic heterocycles. The third-order valence-corrected chi connectivity index (χ3v) is 6.19. The van der Waals surface area contributed by atoms with E-state index < -0.39 is 30.5 Å². The number of methoxy groups -OCH3 is 1. The SMILES string of the molecule is COC(=O)[C@@H](Cc1ccccc1)NC(=O)COC(=O)c1cc2c(s1)CC[C@@H](C)C2. The normalized spacial score (nSPS) is 16.4. The van der Waals surface area contributed by atoms with Crippen molar-refractivity contribution in [1.82, 2.24) is 5.32 Å². The molecule has 29 heavy (non-hydrogen) atoms. The zero-order valence-electron chi connectivity index (χ0n) is 16.6. The van der Waals surface area contributed by atoms with E-state index in [9.17, 15) is 14.4 Å². The molecule has 0 fully saturated rings. The first-order valence-corrected chi connectivity index (χ1v) is 10.5. The van der Waals surface area contributed by atoms with E-state index >= 15 is 0 Å². The van der Waals surface area contributed by atoms with Crippen molar-refractivity contribution in [3.63, 3.8) is 0 Å². The number of carbonyl (C=O) groups is 3. The van der Waals surface area contributed by atoms with Gasteiger partial charge in [-0.25, -0.2) is 9.59 Å². The van der Waals surface area contributed by atoms with E-state index in [1.54, 1.807) is 0 Å². The molecule has 0 spiro atoms.